The van der Waals surface area contributed by atoms with Gasteiger partial charge in [0.15, 0.2) is 0 Å². The standard InChI is InChI=1S/C15H23FN2O2S/c1-3-9-18(13-6-7-13)21(19,20)15-10-12(11-17-4-2)5-8-14(15)16/h5,8,10,13,17H,3-4,6-7,9,11H2,1-2H3. The van der Waals surface area contributed by atoms with Crippen molar-refractivity contribution in [2.75, 3.05) is 13.1 Å². The quantitative estimate of drug-likeness (QED) is 0.802. The Hall–Kier alpha value is -0.980. The molecule has 6 heteroatoms. The van der Waals surface area contributed by atoms with E-state index in [1.807, 2.05) is 13.8 Å². The van der Waals surface area contributed by atoms with E-state index in [4.69, 9.17) is 0 Å². The van der Waals surface area contributed by atoms with Crippen LogP contribution in [0.4, 0.5) is 4.39 Å². The van der Waals surface area contributed by atoms with Crippen LogP contribution in [-0.2, 0) is 16.6 Å². The number of hydrogen-bond donors (Lipinski definition) is 1. The molecule has 21 heavy (non-hydrogen) atoms. The van der Waals surface area contributed by atoms with Gasteiger partial charge in [-0.25, -0.2) is 12.8 Å². The molecule has 0 radical (unpaired) electrons. The van der Waals surface area contributed by atoms with Gasteiger partial charge >= 0.3 is 0 Å². The van der Waals surface area contributed by atoms with Crippen LogP contribution in [0.1, 0.15) is 38.7 Å². The highest BCUT2D eigenvalue weighted by Gasteiger charge is 2.38. The number of rotatable bonds is 8. The van der Waals surface area contributed by atoms with Gasteiger partial charge in [-0.1, -0.05) is 19.9 Å². The average Bonchev–Trinajstić information content (AvgIpc) is 3.28. The topological polar surface area (TPSA) is 49.4 Å². The second-order valence-electron chi connectivity index (χ2n) is 5.39. The third kappa shape index (κ3) is 3.81. The van der Waals surface area contributed by atoms with Gasteiger partial charge in [0.2, 0.25) is 10.0 Å². The van der Waals surface area contributed by atoms with Gasteiger partial charge in [0.05, 0.1) is 0 Å². The van der Waals surface area contributed by atoms with Gasteiger partial charge in [0, 0.05) is 19.1 Å². The van der Waals surface area contributed by atoms with Crippen molar-refractivity contribution in [2.24, 2.45) is 0 Å². The summed E-state index contributed by atoms with van der Waals surface area (Å²) < 4.78 is 40.9. The van der Waals surface area contributed by atoms with E-state index in [9.17, 15) is 12.8 Å². The van der Waals surface area contributed by atoms with E-state index in [0.717, 1.165) is 31.4 Å². The summed E-state index contributed by atoms with van der Waals surface area (Å²) >= 11 is 0. The van der Waals surface area contributed by atoms with Crippen molar-refractivity contribution in [1.29, 1.82) is 0 Å². The van der Waals surface area contributed by atoms with Crippen LogP contribution in [0.15, 0.2) is 23.1 Å². The lowest BCUT2D eigenvalue weighted by molar-refractivity contribution is 0.400. The molecule has 0 spiro atoms. The summed E-state index contributed by atoms with van der Waals surface area (Å²) in [5.74, 6) is -0.669. The SMILES string of the molecule is CCCN(C1CC1)S(=O)(=O)c1cc(CNCC)ccc1F. The minimum absolute atomic E-state index is 0.0479. The van der Waals surface area contributed by atoms with Crippen LogP contribution >= 0.6 is 0 Å². The Kier molecular flexibility index (Phi) is 5.35. The Bertz CT molecular complexity index is 585. The Morgan fingerprint density at radius 1 is 1.33 bits per heavy atom. The highest BCUT2D eigenvalue weighted by molar-refractivity contribution is 7.89. The summed E-state index contributed by atoms with van der Waals surface area (Å²) in [4.78, 5) is -0.196. The fraction of sp³-hybridized carbons (Fsp3) is 0.600. The molecule has 1 N–H and O–H groups in total. The van der Waals surface area contributed by atoms with Crippen molar-refractivity contribution in [2.45, 2.75) is 50.6 Å². The first kappa shape index (κ1) is 16.4. The first-order chi connectivity index (χ1) is 10.0. The summed E-state index contributed by atoms with van der Waals surface area (Å²) in [6, 6.07) is 4.37. The maximum atomic E-state index is 14.0. The summed E-state index contributed by atoms with van der Waals surface area (Å²) in [5, 5.41) is 3.12. The van der Waals surface area contributed by atoms with Gasteiger partial charge < -0.3 is 5.32 Å². The highest BCUT2D eigenvalue weighted by atomic mass is 32.2. The molecule has 0 atom stereocenters. The van der Waals surface area contributed by atoms with Gasteiger partial charge in [0.25, 0.3) is 0 Å². The Labute approximate surface area is 126 Å². The molecule has 0 aliphatic heterocycles. The summed E-state index contributed by atoms with van der Waals surface area (Å²) in [5.41, 5.74) is 0.782. The highest BCUT2D eigenvalue weighted by Crippen LogP contribution is 2.33. The molecule has 1 aromatic carbocycles. The van der Waals surface area contributed by atoms with Crippen LogP contribution in [0.25, 0.3) is 0 Å². The van der Waals surface area contributed by atoms with Gasteiger partial charge in [-0.05, 0) is 43.5 Å². The van der Waals surface area contributed by atoms with E-state index in [1.165, 1.54) is 16.4 Å². The molecule has 118 valence electrons. The molecule has 0 saturated heterocycles. The molecule has 0 unspecified atom stereocenters. The molecule has 0 amide bonds. The van der Waals surface area contributed by atoms with Crippen LogP contribution < -0.4 is 5.32 Å². The normalized spacial score (nSPS) is 15.6. The van der Waals surface area contributed by atoms with Crippen LogP contribution in [0.2, 0.25) is 0 Å². The summed E-state index contributed by atoms with van der Waals surface area (Å²) in [7, 11) is -3.75. The number of hydrogen-bond acceptors (Lipinski definition) is 3. The van der Waals surface area contributed by atoms with Crippen molar-refractivity contribution >= 4 is 10.0 Å². The van der Waals surface area contributed by atoms with Crippen LogP contribution in [0.3, 0.4) is 0 Å². The van der Waals surface area contributed by atoms with Crippen molar-refractivity contribution in [3.05, 3.63) is 29.6 Å². The average molecular weight is 314 g/mol. The van der Waals surface area contributed by atoms with Crippen molar-refractivity contribution in [1.82, 2.24) is 9.62 Å². The van der Waals surface area contributed by atoms with Crippen LogP contribution in [-0.4, -0.2) is 31.9 Å². The van der Waals surface area contributed by atoms with E-state index in [1.54, 1.807) is 6.07 Å². The Balaban J connectivity index is 2.33. The molecule has 1 fully saturated rings. The lowest BCUT2D eigenvalue weighted by atomic mass is 10.2. The molecular weight excluding hydrogens is 291 g/mol. The molecule has 1 aromatic rings. The zero-order valence-corrected chi connectivity index (χ0v) is 13.4. The number of benzene rings is 1. The van der Waals surface area contributed by atoms with Crippen LogP contribution in [0.5, 0.6) is 0 Å². The lowest BCUT2D eigenvalue weighted by Gasteiger charge is -2.22. The molecule has 1 saturated carbocycles. The first-order valence-electron chi connectivity index (χ1n) is 7.51. The predicted molar refractivity (Wildman–Crippen MR) is 81.0 cm³/mol. The molecule has 0 heterocycles. The molecule has 0 aromatic heterocycles. The zero-order chi connectivity index (χ0) is 15.5. The number of halogens is 1. The molecule has 1 aliphatic carbocycles. The number of nitrogens with zero attached hydrogens (tertiary/aromatic N) is 1. The molecule has 2 rings (SSSR count). The van der Waals surface area contributed by atoms with Crippen LogP contribution in [0, 0.1) is 5.82 Å². The van der Waals surface area contributed by atoms with E-state index in [-0.39, 0.29) is 10.9 Å². The van der Waals surface area contributed by atoms with E-state index >= 15 is 0 Å². The molecular formula is C15H23FN2O2S. The monoisotopic (exact) mass is 314 g/mol. The smallest absolute Gasteiger partial charge is 0.246 e. The summed E-state index contributed by atoms with van der Waals surface area (Å²) in [6.07, 6.45) is 2.48. The fourth-order valence-corrected chi connectivity index (χ4v) is 4.23. The van der Waals surface area contributed by atoms with Gasteiger partial charge in [-0.3, -0.25) is 0 Å². The van der Waals surface area contributed by atoms with Gasteiger partial charge in [0.1, 0.15) is 10.7 Å². The second-order valence-corrected chi connectivity index (χ2v) is 7.25. The first-order valence-corrected chi connectivity index (χ1v) is 8.95. The summed E-state index contributed by atoms with van der Waals surface area (Å²) in [6.45, 7) is 5.67. The maximum absolute atomic E-state index is 14.0. The number of nitrogens with one attached hydrogen (secondary N) is 1. The Morgan fingerprint density at radius 3 is 2.62 bits per heavy atom. The third-order valence-corrected chi connectivity index (χ3v) is 5.53. The van der Waals surface area contributed by atoms with E-state index < -0.39 is 15.8 Å². The van der Waals surface area contributed by atoms with E-state index in [2.05, 4.69) is 5.32 Å². The minimum atomic E-state index is -3.75. The van der Waals surface area contributed by atoms with Gasteiger partial charge in [-0.15, -0.1) is 0 Å². The zero-order valence-electron chi connectivity index (χ0n) is 12.6. The maximum Gasteiger partial charge on any atom is 0.246 e. The van der Waals surface area contributed by atoms with Crippen molar-refractivity contribution in [3.8, 4) is 0 Å². The fourth-order valence-electron chi connectivity index (χ4n) is 2.33. The number of sulfonamides is 1. The lowest BCUT2D eigenvalue weighted by Crippen LogP contribution is -2.34. The molecule has 0 bridgehead atoms. The minimum Gasteiger partial charge on any atom is -0.313 e. The molecule has 1 aliphatic rings. The van der Waals surface area contributed by atoms with Gasteiger partial charge in [-0.2, -0.15) is 4.31 Å². The second kappa shape index (κ2) is 6.85. The molecule has 4 nitrogen and oxygen atoms in total. The van der Waals surface area contributed by atoms with E-state index in [0.29, 0.717) is 13.1 Å². The van der Waals surface area contributed by atoms with Crippen molar-refractivity contribution < 1.29 is 12.8 Å². The predicted octanol–water partition coefficient (Wildman–Crippen LogP) is 2.50. The Morgan fingerprint density at radius 2 is 2.05 bits per heavy atom. The largest absolute Gasteiger partial charge is 0.313 e. The van der Waals surface area contributed by atoms with Crippen molar-refractivity contribution in [3.63, 3.8) is 0 Å². The third-order valence-electron chi connectivity index (χ3n) is 3.56.